The first-order chi connectivity index (χ1) is 8.99. The summed E-state index contributed by atoms with van der Waals surface area (Å²) in [4.78, 5) is 12.0. The van der Waals surface area contributed by atoms with Crippen LogP contribution in [-0.4, -0.2) is 24.9 Å². The number of hydrogen-bond donors (Lipinski definition) is 1. The van der Waals surface area contributed by atoms with Crippen LogP contribution in [0.2, 0.25) is 0 Å². The monoisotopic (exact) mass is 287 g/mol. The van der Waals surface area contributed by atoms with Crippen molar-refractivity contribution in [3.8, 4) is 5.75 Å². The van der Waals surface area contributed by atoms with Gasteiger partial charge in [-0.2, -0.15) is 0 Å². The zero-order valence-corrected chi connectivity index (χ0v) is 12.1. The molecule has 1 atom stereocenters. The Kier molecular flexibility index (Phi) is 6.09. The van der Waals surface area contributed by atoms with Gasteiger partial charge >= 0.3 is 0 Å². The van der Waals surface area contributed by atoms with Crippen molar-refractivity contribution in [1.82, 2.24) is 5.32 Å². The average Bonchev–Trinajstić information content (AvgIpc) is 2.37. The first kappa shape index (κ1) is 15.8. The highest BCUT2D eigenvalue weighted by Gasteiger charge is 2.17. The fourth-order valence-corrected chi connectivity index (χ4v) is 1.98. The summed E-state index contributed by atoms with van der Waals surface area (Å²) in [6, 6.07) is 4.13. The van der Waals surface area contributed by atoms with Crippen LogP contribution in [0.5, 0.6) is 5.75 Å². The summed E-state index contributed by atoms with van der Waals surface area (Å²) in [6.07, 6.45) is 0.684. The highest BCUT2D eigenvalue weighted by molar-refractivity contribution is 6.17. The summed E-state index contributed by atoms with van der Waals surface area (Å²) in [6.45, 7) is 4.01. The summed E-state index contributed by atoms with van der Waals surface area (Å²) in [5.74, 6) is 0.0163. The number of benzene rings is 1. The number of methoxy groups -OCH3 is 1. The van der Waals surface area contributed by atoms with Gasteiger partial charge < -0.3 is 10.1 Å². The lowest BCUT2D eigenvalue weighted by atomic mass is 10.0. The zero-order chi connectivity index (χ0) is 14.4. The van der Waals surface area contributed by atoms with E-state index in [-0.39, 0.29) is 29.2 Å². The summed E-state index contributed by atoms with van der Waals surface area (Å²) in [7, 11) is 1.38. The van der Waals surface area contributed by atoms with E-state index in [0.29, 0.717) is 12.3 Å². The molecule has 1 amide bonds. The van der Waals surface area contributed by atoms with Gasteiger partial charge in [0.1, 0.15) is 0 Å². The minimum Gasteiger partial charge on any atom is -0.494 e. The molecule has 0 heterocycles. The fraction of sp³-hybridized carbons (Fsp3) is 0.500. The SMILES string of the molecule is COc1ccc(C(=O)NC(CCCl)C(C)C)cc1F. The second kappa shape index (κ2) is 7.34. The Morgan fingerprint density at radius 1 is 1.47 bits per heavy atom. The van der Waals surface area contributed by atoms with Crippen LogP contribution in [0, 0.1) is 11.7 Å². The van der Waals surface area contributed by atoms with Crippen molar-refractivity contribution in [2.75, 3.05) is 13.0 Å². The molecule has 1 aromatic carbocycles. The molecule has 0 spiro atoms. The maximum Gasteiger partial charge on any atom is 0.251 e. The Balaban J connectivity index is 2.79. The Labute approximate surface area is 118 Å². The standard InChI is InChI=1S/C14H19ClFNO2/c1-9(2)12(6-7-15)17-14(18)10-4-5-13(19-3)11(16)8-10/h4-5,8-9,12H,6-7H2,1-3H3,(H,17,18). The first-order valence-electron chi connectivity index (χ1n) is 6.20. The van der Waals surface area contributed by atoms with Gasteiger partial charge in [-0.25, -0.2) is 4.39 Å². The van der Waals surface area contributed by atoms with Crippen LogP contribution < -0.4 is 10.1 Å². The molecule has 3 nitrogen and oxygen atoms in total. The van der Waals surface area contributed by atoms with Gasteiger partial charge in [-0.1, -0.05) is 13.8 Å². The minimum atomic E-state index is -0.548. The molecule has 0 bridgehead atoms. The molecule has 0 radical (unpaired) electrons. The minimum absolute atomic E-state index is 0.0184. The van der Waals surface area contributed by atoms with Crippen LogP contribution in [0.25, 0.3) is 0 Å². The third-order valence-corrected chi connectivity index (χ3v) is 3.17. The van der Waals surface area contributed by atoms with Gasteiger partial charge in [-0.15, -0.1) is 11.6 Å². The highest BCUT2D eigenvalue weighted by atomic mass is 35.5. The van der Waals surface area contributed by atoms with Crippen LogP contribution in [-0.2, 0) is 0 Å². The van der Waals surface area contributed by atoms with Crippen molar-refractivity contribution >= 4 is 17.5 Å². The molecular weight excluding hydrogens is 269 g/mol. The van der Waals surface area contributed by atoms with E-state index in [1.54, 1.807) is 0 Å². The first-order valence-corrected chi connectivity index (χ1v) is 6.73. The molecule has 0 aliphatic carbocycles. The van der Waals surface area contributed by atoms with Crippen LogP contribution in [0.1, 0.15) is 30.6 Å². The van der Waals surface area contributed by atoms with Crippen LogP contribution >= 0.6 is 11.6 Å². The summed E-state index contributed by atoms with van der Waals surface area (Å²) in [5, 5.41) is 2.87. The smallest absolute Gasteiger partial charge is 0.251 e. The molecule has 0 saturated heterocycles. The van der Waals surface area contributed by atoms with Crippen molar-refractivity contribution in [3.63, 3.8) is 0 Å². The molecule has 106 valence electrons. The molecule has 19 heavy (non-hydrogen) atoms. The quantitative estimate of drug-likeness (QED) is 0.816. The number of hydrogen-bond acceptors (Lipinski definition) is 2. The Hall–Kier alpha value is -1.29. The lowest BCUT2D eigenvalue weighted by Gasteiger charge is -2.21. The Morgan fingerprint density at radius 2 is 2.16 bits per heavy atom. The van der Waals surface area contributed by atoms with Crippen molar-refractivity contribution in [1.29, 1.82) is 0 Å². The van der Waals surface area contributed by atoms with E-state index in [4.69, 9.17) is 16.3 Å². The van der Waals surface area contributed by atoms with E-state index in [0.717, 1.165) is 0 Å². The van der Waals surface area contributed by atoms with Crippen LogP contribution in [0.4, 0.5) is 4.39 Å². The number of ether oxygens (including phenoxy) is 1. The van der Waals surface area contributed by atoms with E-state index in [1.807, 2.05) is 13.8 Å². The van der Waals surface area contributed by atoms with Gasteiger partial charge in [-0.05, 0) is 30.5 Å². The molecule has 1 N–H and O–H groups in total. The Morgan fingerprint density at radius 3 is 2.63 bits per heavy atom. The largest absolute Gasteiger partial charge is 0.494 e. The van der Waals surface area contributed by atoms with E-state index in [2.05, 4.69) is 5.32 Å². The van der Waals surface area contributed by atoms with Gasteiger partial charge in [0.05, 0.1) is 7.11 Å². The molecule has 0 saturated carbocycles. The van der Waals surface area contributed by atoms with E-state index in [9.17, 15) is 9.18 Å². The lowest BCUT2D eigenvalue weighted by molar-refractivity contribution is 0.0924. The number of alkyl halides is 1. The number of rotatable bonds is 6. The maximum absolute atomic E-state index is 13.5. The molecule has 1 aromatic rings. The normalized spacial score (nSPS) is 12.3. The van der Waals surface area contributed by atoms with Gasteiger partial charge in [0.2, 0.25) is 0 Å². The van der Waals surface area contributed by atoms with Crippen molar-refractivity contribution in [2.24, 2.45) is 5.92 Å². The molecule has 5 heteroatoms. The average molecular weight is 288 g/mol. The van der Waals surface area contributed by atoms with Gasteiger partial charge in [0, 0.05) is 17.5 Å². The summed E-state index contributed by atoms with van der Waals surface area (Å²) >= 11 is 5.71. The predicted molar refractivity (Wildman–Crippen MR) is 74.4 cm³/mol. The van der Waals surface area contributed by atoms with Gasteiger partial charge in [0.15, 0.2) is 11.6 Å². The van der Waals surface area contributed by atoms with E-state index in [1.165, 1.54) is 25.3 Å². The fourth-order valence-electron chi connectivity index (χ4n) is 1.75. The second-order valence-electron chi connectivity index (χ2n) is 4.65. The topological polar surface area (TPSA) is 38.3 Å². The van der Waals surface area contributed by atoms with Gasteiger partial charge in [-0.3, -0.25) is 4.79 Å². The van der Waals surface area contributed by atoms with Crippen molar-refractivity contribution in [2.45, 2.75) is 26.3 Å². The van der Waals surface area contributed by atoms with Crippen LogP contribution in [0.3, 0.4) is 0 Å². The number of carbonyl (C=O) groups excluding carboxylic acids is 1. The predicted octanol–water partition coefficient (Wildman–Crippen LogP) is 3.22. The number of halogens is 2. The van der Waals surface area contributed by atoms with E-state index < -0.39 is 5.82 Å². The molecular formula is C14H19ClFNO2. The lowest BCUT2D eigenvalue weighted by Crippen LogP contribution is -2.38. The second-order valence-corrected chi connectivity index (χ2v) is 5.03. The number of carbonyl (C=O) groups is 1. The van der Waals surface area contributed by atoms with Crippen LogP contribution in [0.15, 0.2) is 18.2 Å². The number of nitrogens with one attached hydrogen (secondary N) is 1. The Bertz CT molecular complexity index is 437. The molecule has 0 fully saturated rings. The molecule has 0 aliphatic heterocycles. The maximum atomic E-state index is 13.5. The van der Waals surface area contributed by atoms with Crippen molar-refractivity contribution in [3.05, 3.63) is 29.6 Å². The third-order valence-electron chi connectivity index (χ3n) is 2.96. The zero-order valence-electron chi connectivity index (χ0n) is 11.4. The van der Waals surface area contributed by atoms with E-state index >= 15 is 0 Å². The molecule has 1 unspecified atom stereocenters. The third kappa shape index (κ3) is 4.39. The number of amides is 1. The highest BCUT2D eigenvalue weighted by Crippen LogP contribution is 2.18. The molecule has 1 rings (SSSR count). The summed E-state index contributed by atoms with van der Waals surface area (Å²) < 4.78 is 18.3. The van der Waals surface area contributed by atoms with Crippen molar-refractivity contribution < 1.29 is 13.9 Å². The molecule has 0 aromatic heterocycles. The molecule has 0 aliphatic rings. The summed E-state index contributed by atoms with van der Waals surface area (Å²) in [5.41, 5.74) is 0.276. The van der Waals surface area contributed by atoms with Gasteiger partial charge in [0.25, 0.3) is 5.91 Å².